The van der Waals surface area contributed by atoms with Gasteiger partial charge >= 0.3 is 10.2 Å². The first kappa shape index (κ1) is 19.1. The molecule has 2 aromatic rings. The fourth-order valence-corrected chi connectivity index (χ4v) is 3.11. The fourth-order valence-electron chi connectivity index (χ4n) is 1.90. The highest BCUT2D eigenvalue weighted by molar-refractivity contribution is 7.86. The number of nitro groups is 1. The van der Waals surface area contributed by atoms with Gasteiger partial charge < -0.3 is 0 Å². The Kier molecular flexibility index (Phi) is 5.94. The molecule has 0 spiro atoms. The number of nitrogens with zero attached hydrogens (tertiary/aromatic N) is 1. The summed E-state index contributed by atoms with van der Waals surface area (Å²) in [6, 6.07) is 7.99. The highest BCUT2D eigenvalue weighted by Gasteiger charge is 2.16. The molecule has 0 amide bonds. The third kappa shape index (κ3) is 5.12. The van der Waals surface area contributed by atoms with Crippen molar-refractivity contribution in [2.75, 3.05) is 0 Å². The minimum atomic E-state index is -4.90. The normalized spacial score (nSPS) is 12.1. The van der Waals surface area contributed by atoms with E-state index in [2.05, 4.69) is 0 Å². The van der Waals surface area contributed by atoms with Crippen LogP contribution in [0.15, 0.2) is 53.4 Å². The molecule has 0 aliphatic heterocycles. The quantitative estimate of drug-likeness (QED) is 0.295. The molecule has 0 radical (unpaired) electrons. The van der Waals surface area contributed by atoms with Crippen molar-refractivity contribution in [3.8, 4) is 0 Å². The Hall–Kier alpha value is -2.22. The smallest absolute Gasteiger partial charge is 0.258 e. The number of non-ortho nitro benzene ring substituents is 1. The Morgan fingerprint density at radius 3 is 2.28 bits per heavy atom. The summed E-state index contributed by atoms with van der Waals surface area (Å²) in [5.74, 6) is 0. The van der Waals surface area contributed by atoms with Gasteiger partial charge in [0.05, 0.1) is 15.0 Å². The van der Waals surface area contributed by atoms with Crippen LogP contribution in [0, 0.1) is 10.1 Å². The summed E-state index contributed by atoms with van der Waals surface area (Å²) in [5.41, 5.74) is 0.888. The number of hydrogen-bond acceptors (Lipinski definition) is 4. The minimum Gasteiger partial charge on any atom is -0.258 e. The van der Waals surface area contributed by atoms with E-state index in [1.165, 1.54) is 30.3 Å². The Balaban J connectivity index is 2.19. The van der Waals surface area contributed by atoms with Crippen LogP contribution in [0.2, 0.25) is 10.0 Å². The van der Waals surface area contributed by atoms with Crippen molar-refractivity contribution in [3.05, 3.63) is 79.8 Å². The minimum absolute atomic E-state index is 0.112. The topological polar surface area (TPSA) is 77.3 Å². The summed E-state index contributed by atoms with van der Waals surface area (Å²) in [6.07, 6.45) is 6.34. The van der Waals surface area contributed by atoms with Gasteiger partial charge in [0.2, 0.25) is 0 Å². The van der Waals surface area contributed by atoms with Crippen molar-refractivity contribution in [1.82, 2.24) is 0 Å². The van der Waals surface area contributed by atoms with Crippen LogP contribution in [0.25, 0.3) is 12.2 Å². The second kappa shape index (κ2) is 7.77. The molecule has 130 valence electrons. The predicted octanol–water partition coefficient (Wildman–Crippen LogP) is 5.29. The molecule has 2 rings (SSSR count). The molecule has 0 heterocycles. The Bertz CT molecular complexity index is 988. The van der Waals surface area contributed by atoms with Crippen molar-refractivity contribution >= 4 is 51.3 Å². The maximum Gasteiger partial charge on any atom is 0.333 e. The summed E-state index contributed by atoms with van der Waals surface area (Å²) in [4.78, 5) is 9.50. The molecule has 0 bridgehead atoms. The van der Waals surface area contributed by atoms with Crippen LogP contribution in [0.1, 0.15) is 11.1 Å². The number of benzene rings is 2. The Morgan fingerprint density at radius 2 is 1.68 bits per heavy atom. The van der Waals surface area contributed by atoms with Gasteiger partial charge in [0.1, 0.15) is 4.90 Å². The highest BCUT2D eigenvalue weighted by atomic mass is 35.5. The molecule has 0 saturated carbocycles. The molecule has 0 aromatic heterocycles. The van der Waals surface area contributed by atoms with E-state index in [1.807, 2.05) is 0 Å². The lowest BCUT2D eigenvalue weighted by molar-refractivity contribution is -0.384. The molecule has 5 nitrogen and oxygen atoms in total. The monoisotopic (exact) mass is 401 g/mol. The van der Waals surface area contributed by atoms with Gasteiger partial charge in [0.25, 0.3) is 5.69 Å². The third-order valence-corrected chi connectivity index (χ3v) is 4.72. The van der Waals surface area contributed by atoms with Crippen LogP contribution in [0.4, 0.5) is 9.57 Å². The van der Waals surface area contributed by atoms with E-state index in [0.717, 1.165) is 6.07 Å². The summed E-state index contributed by atoms with van der Waals surface area (Å²) in [7, 11) is -4.90. The average Bonchev–Trinajstić information content (AvgIpc) is 2.52. The van der Waals surface area contributed by atoms with Crippen LogP contribution in [0.3, 0.4) is 0 Å². The van der Waals surface area contributed by atoms with Crippen molar-refractivity contribution in [3.63, 3.8) is 0 Å². The molecule has 0 unspecified atom stereocenters. The third-order valence-electron chi connectivity index (χ3n) is 3.09. The molecule has 9 heteroatoms. The molecule has 0 aliphatic carbocycles. The van der Waals surface area contributed by atoms with E-state index in [-0.39, 0.29) is 15.7 Å². The van der Waals surface area contributed by atoms with Crippen LogP contribution in [-0.4, -0.2) is 13.3 Å². The van der Waals surface area contributed by atoms with Gasteiger partial charge in [0, 0.05) is 12.1 Å². The summed E-state index contributed by atoms with van der Waals surface area (Å²) in [6.45, 7) is 0. The van der Waals surface area contributed by atoms with E-state index in [1.54, 1.807) is 24.3 Å². The van der Waals surface area contributed by atoms with E-state index in [4.69, 9.17) is 23.2 Å². The molecular weight excluding hydrogens is 392 g/mol. The Labute approximate surface area is 153 Å². The molecule has 0 atom stereocenters. The lowest BCUT2D eigenvalue weighted by Gasteiger charge is -2.00. The predicted molar refractivity (Wildman–Crippen MR) is 95.9 cm³/mol. The van der Waals surface area contributed by atoms with Crippen LogP contribution in [0.5, 0.6) is 0 Å². The second-order valence-electron chi connectivity index (χ2n) is 4.81. The number of nitro benzene ring substituents is 1. The van der Waals surface area contributed by atoms with Crippen molar-refractivity contribution < 1.29 is 17.2 Å². The van der Waals surface area contributed by atoms with Crippen LogP contribution >= 0.6 is 23.2 Å². The number of allylic oxidation sites excluding steroid dienone is 2. The molecular formula is C16H10Cl2FNO4S. The average molecular weight is 402 g/mol. The van der Waals surface area contributed by atoms with Gasteiger partial charge in [-0.05, 0) is 29.3 Å². The van der Waals surface area contributed by atoms with Crippen LogP contribution < -0.4 is 0 Å². The molecule has 25 heavy (non-hydrogen) atoms. The highest BCUT2D eigenvalue weighted by Crippen LogP contribution is 2.25. The van der Waals surface area contributed by atoms with Gasteiger partial charge in [-0.15, -0.1) is 3.89 Å². The first-order valence-electron chi connectivity index (χ1n) is 6.71. The van der Waals surface area contributed by atoms with Crippen molar-refractivity contribution in [2.45, 2.75) is 4.90 Å². The van der Waals surface area contributed by atoms with Gasteiger partial charge in [0.15, 0.2) is 0 Å². The van der Waals surface area contributed by atoms with E-state index < -0.39 is 20.0 Å². The van der Waals surface area contributed by atoms with E-state index in [9.17, 15) is 22.4 Å². The fraction of sp³-hybridized carbons (Fsp3) is 0. The first-order chi connectivity index (χ1) is 11.7. The van der Waals surface area contributed by atoms with Gasteiger partial charge in [-0.3, -0.25) is 10.1 Å². The van der Waals surface area contributed by atoms with Crippen molar-refractivity contribution in [1.29, 1.82) is 0 Å². The lowest BCUT2D eigenvalue weighted by Crippen LogP contribution is -1.93. The summed E-state index contributed by atoms with van der Waals surface area (Å²) in [5, 5.41) is 10.7. The van der Waals surface area contributed by atoms with Crippen molar-refractivity contribution in [2.24, 2.45) is 0 Å². The zero-order valence-electron chi connectivity index (χ0n) is 12.4. The standard InChI is InChI=1S/C16H10Cl2FNO4S/c17-14-8-5-11(9-16(14)25(19,23)24)3-1-2-4-12-6-7-13(20(21)22)10-15(12)18/h1-10H/b3-1+,4-2+. The zero-order chi connectivity index (χ0) is 18.6. The summed E-state index contributed by atoms with van der Waals surface area (Å²) < 4.78 is 35.1. The van der Waals surface area contributed by atoms with Gasteiger partial charge in [-0.25, -0.2) is 0 Å². The molecule has 0 aliphatic rings. The zero-order valence-corrected chi connectivity index (χ0v) is 14.7. The molecule has 0 N–H and O–H groups in total. The lowest BCUT2D eigenvalue weighted by atomic mass is 10.1. The number of halogens is 3. The second-order valence-corrected chi connectivity index (χ2v) is 6.94. The summed E-state index contributed by atoms with van der Waals surface area (Å²) >= 11 is 11.6. The largest absolute Gasteiger partial charge is 0.333 e. The SMILES string of the molecule is O=[N+]([O-])c1ccc(/C=C/C=C/c2ccc(Cl)c(S(=O)(=O)F)c2)c(Cl)c1. The number of hydrogen-bond donors (Lipinski definition) is 0. The van der Waals surface area contributed by atoms with Gasteiger partial charge in [-0.1, -0.05) is 53.6 Å². The number of rotatable bonds is 5. The molecule has 2 aromatic carbocycles. The maximum atomic E-state index is 13.1. The molecule has 0 saturated heterocycles. The van der Waals surface area contributed by atoms with Crippen LogP contribution in [-0.2, 0) is 10.2 Å². The van der Waals surface area contributed by atoms with Gasteiger partial charge in [-0.2, -0.15) is 8.42 Å². The first-order valence-corrected chi connectivity index (χ1v) is 8.85. The maximum absolute atomic E-state index is 13.1. The Morgan fingerprint density at radius 1 is 1.00 bits per heavy atom. The van der Waals surface area contributed by atoms with E-state index in [0.29, 0.717) is 11.1 Å². The van der Waals surface area contributed by atoms with E-state index >= 15 is 0 Å². The molecule has 0 fully saturated rings.